The first-order chi connectivity index (χ1) is 10.1. The molecule has 1 amide bonds. The standard InChI is InChI=1S/C16H24N2O2S.ClH/c17-15-8-4-7-14(11-15)16(19)18-9-10-21(20)12-13-5-2-1-3-6-13;/h1-3,5-6,14-15H,4,7-12,17H2,(H,18,19);1H. The Morgan fingerprint density at radius 1 is 1.27 bits per heavy atom. The van der Waals surface area contributed by atoms with Crippen molar-refractivity contribution < 1.29 is 9.00 Å². The first-order valence-corrected chi connectivity index (χ1v) is 9.06. The van der Waals surface area contributed by atoms with Gasteiger partial charge in [-0.25, -0.2) is 0 Å². The van der Waals surface area contributed by atoms with Crippen LogP contribution in [0.1, 0.15) is 31.2 Å². The molecular formula is C16H25ClN2O2S. The summed E-state index contributed by atoms with van der Waals surface area (Å²) < 4.78 is 12.0. The summed E-state index contributed by atoms with van der Waals surface area (Å²) in [5.74, 6) is 1.16. The summed E-state index contributed by atoms with van der Waals surface area (Å²) in [6.07, 6.45) is 3.75. The number of nitrogens with one attached hydrogen (secondary N) is 1. The van der Waals surface area contributed by atoms with Crippen LogP contribution in [0, 0.1) is 5.92 Å². The molecule has 1 fully saturated rings. The number of hydrogen-bond acceptors (Lipinski definition) is 3. The SMILES string of the molecule is Cl.NC1CCCC(C(=O)NCCS(=O)Cc2ccccc2)C1. The molecule has 1 aromatic rings. The topological polar surface area (TPSA) is 72.2 Å². The van der Waals surface area contributed by atoms with Crippen molar-refractivity contribution in [2.45, 2.75) is 37.5 Å². The molecule has 0 radical (unpaired) electrons. The van der Waals surface area contributed by atoms with Gasteiger partial charge < -0.3 is 11.1 Å². The predicted molar refractivity (Wildman–Crippen MR) is 93.3 cm³/mol. The van der Waals surface area contributed by atoms with E-state index in [-0.39, 0.29) is 30.3 Å². The first-order valence-electron chi connectivity index (χ1n) is 7.57. The minimum atomic E-state index is -0.939. The summed E-state index contributed by atoms with van der Waals surface area (Å²) in [6.45, 7) is 0.476. The summed E-state index contributed by atoms with van der Waals surface area (Å²) in [7, 11) is -0.939. The number of carbonyl (C=O) groups is 1. The van der Waals surface area contributed by atoms with E-state index in [0.29, 0.717) is 18.1 Å². The van der Waals surface area contributed by atoms with E-state index in [4.69, 9.17) is 5.73 Å². The Morgan fingerprint density at radius 2 is 2.00 bits per heavy atom. The van der Waals surface area contributed by atoms with Gasteiger partial charge in [0.2, 0.25) is 5.91 Å². The largest absolute Gasteiger partial charge is 0.355 e. The van der Waals surface area contributed by atoms with Gasteiger partial charge in [0.05, 0.1) is 0 Å². The van der Waals surface area contributed by atoms with Gasteiger partial charge in [-0.1, -0.05) is 36.8 Å². The third-order valence-electron chi connectivity index (χ3n) is 3.89. The highest BCUT2D eigenvalue weighted by Crippen LogP contribution is 2.22. The van der Waals surface area contributed by atoms with E-state index in [9.17, 15) is 9.00 Å². The minimum Gasteiger partial charge on any atom is -0.355 e. The fourth-order valence-electron chi connectivity index (χ4n) is 2.73. The zero-order valence-electron chi connectivity index (χ0n) is 12.7. The molecule has 1 aliphatic rings. The van der Waals surface area contributed by atoms with Crippen molar-refractivity contribution in [2.24, 2.45) is 11.7 Å². The molecule has 22 heavy (non-hydrogen) atoms. The lowest BCUT2D eigenvalue weighted by atomic mass is 9.85. The van der Waals surface area contributed by atoms with E-state index in [1.165, 1.54) is 0 Å². The predicted octanol–water partition coefficient (Wildman–Crippen LogP) is 1.99. The molecule has 4 nitrogen and oxygen atoms in total. The molecule has 1 saturated carbocycles. The Labute approximate surface area is 141 Å². The minimum absolute atomic E-state index is 0. The Hall–Kier alpha value is -0.910. The van der Waals surface area contributed by atoms with Crippen LogP contribution in [-0.4, -0.2) is 28.5 Å². The molecule has 0 aromatic heterocycles. The number of rotatable bonds is 6. The maximum Gasteiger partial charge on any atom is 0.223 e. The van der Waals surface area contributed by atoms with Gasteiger partial charge in [0.25, 0.3) is 0 Å². The van der Waals surface area contributed by atoms with Crippen molar-refractivity contribution in [3.05, 3.63) is 35.9 Å². The quantitative estimate of drug-likeness (QED) is 0.829. The number of nitrogens with two attached hydrogens (primary N) is 1. The van der Waals surface area contributed by atoms with Gasteiger partial charge >= 0.3 is 0 Å². The highest BCUT2D eigenvalue weighted by molar-refractivity contribution is 7.84. The third kappa shape index (κ3) is 6.46. The molecular weight excluding hydrogens is 320 g/mol. The molecule has 0 aliphatic heterocycles. The van der Waals surface area contributed by atoms with Gasteiger partial charge in [-0.2, -0.15) is 0 Å². The lowest BCUT2D eigenvalue weighted by Gasteiger charge is -2.25. The number of halogens is 1. The highest BCUT2D eigenvalue weighted by Gasteiger charge is 2.24. The second-order valence-corrected chi connectivity index (χ2v) is 7.27. The Morgan fingerprint density at radius 3 is 2.68 bits per heavy atom. The molecule has 3 N–H and O–H groups in total. The van der Waals surface area contributed by atoms with E-state index in [1.54, 1.807) is 0 Å². The molecule has 0 spiro atoms. The molecule has 124 valence electrons. The van der Waals surface area contributed by atoms with Crippen LogP contribution in [0.25, 0.3) is 0 Å². The lowest BCUT2D eigenvalue weighted by molar-refractivity contribution is -0.125. The molecule has 3 atom stereocenters. The van der Waals surface area contributed by atoms with Gasteiger partial charge in [0.1, 0.15) is 0 Å². The van der Waals surface area contributed by atoms with Crippen LogP contribution < -0.4 is 11.1 Å². The normalized spacial score (nSPS) is 22.4. The van der Waals surface area contributed by atoms with Crippen LogP contribution in [0.3, 0.4) is 0 Å². The van der Waals surface area contributed by atoms with Crippen LogP contribution in [0.2, 0.25) is 0 Å². The molecule has 0 bridgehead atoms. The van der Waals surface area contributed by atoms with Crippen LogP contribution in [0.4, 0.5) is 0 Å². The maximum absolute atomic E-state index is 12.0. The summed E-state index contributed by atoms with van der Waals surface area (Å²) in [5, 5.41) is 2.90. The van der Waals surface area contributed by atoms with Gasteiger partial charge in [0.15, 0.2) is 0 Å². The van der Waals surface area contributed by atoms with Gasteiger partial charge in [-0.15, -0.1) is 12.4 Å². The van der Waals surface area contributed by atoms with Crippen LogP contribution in [0.15, 0.2) is 30.3 Å². The van der Waals surface area contributed by atoms with Gasteiger partial charge in [-0.3, -0.25) is 9.00 Å². The molecule has 3 unspecified atom stereocenters. The molecule has 0 saturated heterocycles. The van der Waals surface area contributed by atoms with E-state index in [2.05, 4.69) is 5.32 Å². The fraction of sp³-hybridized carbons (Fsp3) is 0.562. The van der Waals surface area contributed by atoms with Crippen molar-refractivity contribution in [1.29, 1.82) is 0 Å². The van der Waals surface area contributed by atoms with E-state index < -0.39 is 10.8 Å². The monoisotopic (exact) mass is 344 g/mol. The Balaban J connectivity index is 0.00000242. The molecule has 0 heterocycles. The Kier molecular flexibility index (Phi) is 8.68. The second-order valence-electron chi connectivity index (χ2n) is 5.69. The number of amides is 1. The van der Waals surface area contributed by atoms with E-state index in [0.717, 1.165) is 31.2 Å². The second kappa shape index (κ2) is 9.98. The zero-order valence-corrected chi connectivity index (χ0v) is 14.3. The lowest BCUT2D eigenvalue weighted by Crippen LogP contribution is -2.39. The number of carbonyl (C=O) groups excluding carboxylic acids is 1. The average molecular weight is 345 g/mol. The molecule has 2 rings (SSSR count). The van der Waals surface area contributed by atoms with Crippen molar-refractivity contribution in [3.8, 4) is 0 Å². The van der Waals surface area contributed by atoms with Crippen molar-refractivity contribution >= 4 is 29.1 Å². The smallest absolute Gasteiger partial charge is 0.223 e. The van der Waals surface area contributed by atoms with Crippen molar-refractivity contribution in [2.75, 3.05) is 12.3 Å². The number of benzene rings is 1. The highest BCUT2D eigenvalue weighted by atomic mass is 35.5. The number of hydrogen-bond donors (Lipinski definition) is 2. The van der Waals surface area contributed by atoms with E-state index in [1.807, 2.05) is 30.3 Å². The summed E-state index contributed by atoms with van der Waals surface area (Å²) in [5.41, 5.74) is 6.97. The zero-order chi connectivity index (χ0) is 15.1. The summed E-state index contributed by atoms with van der Waals surface area (Å²) in [6, 6.07) is 9.93. The molecule has 1 aliphatic carbocycles. The average Bonchev–Trinajstić information content (AvgIpc) is 2.48. The third-order valence-corrected chi connectivity index (χ3v) is 5.20. The summed E-state index contributed by atoms with van der Waals surface area (Å²) in [4.78, 5) is 12.0. The van der Waals surface area contributed by atoms with Crippen LogP contribution >= 0.6 is 12.4 Å². The van der Waals surface area contributed by atoms with E-state index >= 15 is 0 Å². The van der Waals surface area contributed by atoms with Crippen molar-refractivity contribution in [3.63, 3.8) is 0 Å². The molecule has 6 heteroatoms. The fourth-order valence-corrected chi connectivity index (χ4v) is 3.77. The Bertz CT molecular complexity index is 484. The molecule has 1 aromatic carbocycles. The summed E-state index contributed by atoms with van der Waals surface area (Å²) >= 11 is 0. The van der Waals surface area contributed by atoms with Crippen LogP contribution in [0.5, 0.6) is 0 Å². The maximum atomic E-state index is 12.0. The van der Waals surface area contributed by atoms with Crippen molar-refractivity contribution in [1.82, 2.24) is 5.32 Å². The van der Waals surface area contributed by atoms with Crippen LogP contribution in [-0.2, 0) is 21.3 Å². The first kappa shape index (κ1) is 19.1. The van der Waals surface area contributed by atoms with Gasteiger partial charge in [0, 0.05) is 40.8 Å². The van der Waals surface area contributed by atoms with Gasteiger partial charge in [-0.05, 0) is 24.8 Å².